The lowest BCUT2D eigenvalue weighted by Crippen LogP contribution is -2.40. The second-order valence-electron chi connectivity index (χ2n) is 16.5. The zero-order valence-corrected chi connectivity index (χ0v) is 31.2. The average molecular weight is 680 g/mol. The summed E-state index contributed by atoms with van der Waals surface area (Å²) in [5, 5.41) is 0. The first-order valence-electron chi connectivity index (χ1n) is 19.4. The van der Waals surface area contributed by atoms with Crippen molar-refractivity contribution in [3.63, 3.8) is 0 Å². The van der Waals surface area contributed by atoms with Crippen molar-refractivity contribution in [2.75, 3.05) is 4.90 Å². The molecular weight excluding hydrogens is 637 g/mol. The smallest absolute Gasteiger partial charge is 0.142 e. The highest BCUT2D eigenvalue weighted by Gasteiger charge is 2.53. The second kappa shape index (κ2) is 10.7. The fourth-order valence-corrected chi connectivity index (χ4v) is 11.2. The van der Waals surface area contributed by atoms with Crippen molar-refractivity contribution >= 4 is 35.9 Å². The van der Waals surface area contributed by atoms with Crippen LogP contribution in [-0.2, 0) is 10.8 Å². The molecule has 0 saturated carbocycles. The first-order chi connectivity index (χ1) is 25.8. The summed E-state index contributed by atoms with van der Waals surface area (Å²) in [4.78, 5) is 2.67. The van der Waals surface area contributed by atoms with Crippen LogP contribution in [0.25, 0.3) is 16.7 Å². The van der Waals surface area contributed by atoms with E-state index in [1.54, 1.807) is 0 Å². The molecule has 0 spiro atoms. The van der Waals surface area contributed by atoms with Crippen molar-refractivity contribution in [3.8, 4) is 11.1 Å². The highest BCUT2D eigenvalue weighted by atomic mass is 15.2. The summed E-state index contributed by atoms with van der Waals surface area (Å²) < 4.78 is 0. The minimum absolute atomic E-state index is 0.0846. The molecule has 2 bridgehead atoms. The third kappa shape index (κ3) is 3.84. The quantitative estimate of drug-likeness (QED) is 0.165. The van der Waals surface area contributed by atoms with Crippen molar-refractivity contribution in [2.24, 2.45) is 0 Å². The number of benzene rings is 6. The van der Waals surface area contributed by atoms with Gasteiger partial charge in [-0.2, -0.15) is 0 Å². The topological polar surface area (TPSA) is 3.24 Å². The molecule has 2 unspecified atom stereocenters. The van der Waals surface area contributed by atoms with Gasteiger partial charge in [0.05, 0.1) is 16.8 Å². The maximum absolute atomic E-state index is 2.67. The van der Waals surface area contributed by atoms with Crippen LogP contribution >= 0.6 is 0 Å². The minimum atomic E-state index is -0.498. The highest BCUT2D eigenvalue weighted by molar-refractivity contribution is 6.40. The first-order valence-corrected chi connectivity index (χ1v) is 19.4. The fraction of sp³-hybridized carbons (Fsp3) is 0.176. The number of anilines is 3. The fourth-order valence-electron chi connectivity index (χ4n) is 11.2. The number of para-hydroxylation sites is 2. The predicted molar refractivity (Wildman–Crippen MR) is 224 cm³/mol. The molecule has 0 amide bonds. The van der Waals surface area contributed by atoms with Gasteiger partial charge in [0, 0.05) is 17.0 Å². The van der Waals surface area contributed by atoms with E-state index in [4.69, 9.17) is 0 Å². The van der Waals surface area contributed by atoms with Gasteiger partial charge in [0.25, 0.3) is 0 Å². The zero-order valence-electron chi connectivity index (χ0n) is 31.2. The van der Waals surface area contributed by atoms with E-state index in [1.165, 1.54) is 106 Å². The Morgan fingerprint density at radius 3 is 2.19 bits per heavy atom. The first kappa shape index (κ1) is 31.0. The number of fused-ring (bicyclic) bond motifs is 11. The molecule has 0 saturated heterocycles. The number of hydrogen-bond acceptors (Lipinski definition) is 1. The summed E-state index contributed by atoms with van der Waals surface area (Å²) in [5.41, 5.74) is 25.5. The summed E-state index contributed by atoms with van der Waals surface area (Å²) >= 11 is 0. The maximum Gasteiger partial charge on any atom is 0.142 e. The molecule has 53 heavy (non-hydrogen) atoms. The van der Waals surface area contributed by atoms with E-state index >= 15 is 0 Å². The van der Waals surface area contributed by atoms with Gasteiger partial charge >= 0.3 is 0 Å². The molecule has 11 rings (SSSR count). The van der Waals surface area contributed by atoms with Crippen LogP contribution in [0.15, 0.2) is 156 Å². The van der Waals surface area contributed by atoms with Crippen LogP contribution in [0.1, 0.15) is 89.6 Å². The minimum Gasteiger partial charge on any atom is -0.310 e. The summed E-state index contributed by atoms with van der Waals surface area (Å²) in [6, 6.07) is 49.2. The van der Waals surface area contributed by atoms with Crippen LogP contribution in [0.2, 0.25) is 0 Å². The largest absolute Gasteiger partial charge is 0.310 e. The van der Waals surface area contributed by atoms with E-state index < -0.39 is 5.41 Å². The molecule has 1 nitrogen and oxygen atoms in total. The Kier molecular flexibility index (Phi) is 6.27. The molecule has 0 fully saturated rings. The van der Waals surface area contributed by atoms with E-state index in [0.29, 0.717) is 0 Å². The molecule has 2 atom stereocenters. The third-order valence-corrected chi connectivity index (χ3v) is 13.3. The number of hydrogen-bond donors (Lipinski definition) is 0. The van der Waals surface area contributed by atoms with Gasteiger partial charge in [-0.3, -0.25) is 0 Å². The number of aryl methyl sites for hydroxylation is 1. The molecule has 2 aliphatic heterocycles. The molecule has 6 aromatic rings. The monoisotopic (exact) mass is 679 g/mol. The Balaban J connectivity index is 1.36. The van der Waals surface area contributed by atoms with Gasteiger partial charge in [-0.15, -0.1) is 0 Å². The number of allylic oxidation sites excluding steroid dienone is 5. The van der Waals surface area contributed by atoms with Crippen molar-refractivity contribution in [1.29, 1.82) is 0 Å². The Morgan fingerprint density at radius 2 is 1.36 bits per heavy atom. The maximum atomic E-state index is 2.67. The summed E-state index contributed by atoms with van der Waals surface area (Å²) in [7, 11) is 2.36. The number of nitrogens with zero attached hydrogens (tertiary/aromatic N) is 1. The van der Waals surface area contributed by atoms with Crippen LogP contribution < -0.4 is 10.4 Å². The van der Waals surface area contributed by atoms with Crippen LogP contribution in [0, 0.1) is 6.92 Å². The van der Waals surface area contributed by atoms with Crippen LogP contribution in [0.4, 0.5) is 17.1 Å². The summed E-state index contributed by atoms with van der Waals surface area (Å²) in [5.74, 6) is 0.0846. The van der Waals surface area contributed by atoms with E-state index in [-0.39, 0.29) is 11.3 Å². The van der Waals surface area contributed by atoms with E-state index in [9.17, 15) is 0 Å². The van der Waals surface area contributed by atoms with Crippen molar-refractivity contribution in [3.05, 3.63) is 206 Å². The van der Waals surface area contributed by atoms with Gasteiger partial charge in [-0.05, 0) is 117 Å². The van der Waals surface area contributed by atoms with Gasteiger partial charge in [-0.25, -0.2) is 0 Å². The molecule has 6 aromatic carbocycles. The Bertz CT molecular complexity index is 2690. The lowest BCUT2D eigenvalue weighted by atomic mass is 9.60. The lowest BCUT2D eigenvalue weighted by Gasteiger charge is -2.49. The van der Waals surface area contributed by atoms with Gasteiger partial charge in [0.15, 0.2) is 0 Å². The average Bonchev–Trinajstić information content (AvgIpc) is 3.65. The molecule has 5 aliphatic rings. The van der Waals surface area contributed by atoms with E-state index in [1.807, 2.05) is 0 Å². The molecule has 2 heteroatoms. The molecular formula is C51H42BN. The van der Waals surface area contributed by atoms with Crippen LogP contribution in [0.3, 0.4) is 0 Å². The van der Waals surface area contributed by atoms with Crippen molar-refractivity contribution in [2.45, 2.75) is 57.3 Å². The van der Waals surface area contributed by atoms with Gasteiger partial charge in [0.2, 0.25) is 0 Å². The Labute approximate surface area is 314 Å². The molecule has 254 valence electrons. The van der Waals surface area contributed by atoms with E-state index in [0.717, 1.165) is 12.8 Å². The molecule has 0 radical (unpaired) electrons. The molecule has 0 N–H and O–H groups in total. The van der Waals surface area contributed by atoms with Crippen molar-refractivity contribution in [1.82, 2.24) is 0 Å². The van der Waals surface area contributed by atoms with Gasteiger partial charge < -0.3 is 4.90 Å². The second-order valence-corrected chi connectivity index (χ2v) is 16.5. The molecule has 2 heterocycles. The van der Waals surface area contributed by atoms with Crippen molar-refractivity contribution < 1.29 is 0 Å². The van der Waals surface area contributed by atoms with Crippen LogP contribution in [0.5, 0.6) is 0 Å². The number of rotatable bonds is 2. The Morgan fingerprint density at radius 1 is 0.660 bits per heavy atom. The third-order valence-electron chi connectivity index (χ3n) is 13.3. The van der Waals surface area contributed by atoms with Gasteiger partial charge in [0.1, 0.15) is 7.85 Å². The standard InChI is InChI=1S/C51H42BN/c1-30-15-12-18-33(27-30)51(32-16-6-5-7-17-32)40-24-10-11-26-42(40)53-43-29-31(2)28-38(48(43)52)34-20-13-21-36-44(34)46(37-22-14-25-41(51)49(37)53)47-45(36)35-19-8-9-23-39(35)50(47,3)4/h5-11,13-14,16-29,46H,12,15,52H2,1-4H3. The highest BCUT2D eigenvalue weighted by Crippen LogP contribution is 2.66. The van der Waals surface area contributed by atoms with E-state index in [2.05, 4.69) is 180 Å². The molecule has 0 aromatic heterocycles. The van der Waals surface area contributed by atoms with Gasteiger partial charge in [-0.1, -0.05) is 152 Å². The summed E-state index contributed by atoms with van der Waals surface area (Å²) in [6.45, 7) is 9.53. The SMILES string of the molecule is Bc1c2cc(C)cc1N1c3ccccc3C(C3=CCCC(C)=C3)(c3ccccc3)c3cccc(c31)C1C3=C(c4ccccc4C3(C)C)c3cccc-2c31. The lowest BCUT2D eigenvalue weighted by molar-refractivity contribution is 0.603. The zero-order chi connectivity index (χ0) is 35.8. The molecule has 3 aliphatic carbocycles. The normalized spacial score (nSPS) is 20.9. The Hall–Kier alpha value is -5.60. The predicted octanol–water partition coefficient (Wildman–Crippen LogP) is 11.3. The van der Waals surface area contributed by atoms with Crippen LogP contribution in [-0.4, -0.2) is 7.85 Å². The summed E-state index contributed by atoms with van der Waals surface area (Å²) in [6.07, 6.45) is 7.20.